The van der Waals surface area contributed by atoms with Crippen molar-refractivity contribution in [3.05, 3.63) is 4.91 Å². The number of hydrogen-bond donors (Lipinski definition) is 1. The van der Waals surface area contributed by atoms with E-state index in [1.807, 2.05) is 0 Å². The summed E-state index contributed by atoms with van der Waals surface area (Å²) < 4.78 is 14.0. The lowest BCUT2D eigenvalue weighted by atomic mass is 9.89. The van der Waals surface area contributed by atoms with E-state index in [-0.39, 0.29) is 12.5 Å². The molecule has 2 rings (SSSR count). The summed E-state index contributed by atoms with van der Waals surface area (Å²) in [4.78, 5) is 21.0. The van der Waals surface area contributed by atoms with Crippen LogP contribution in [0, 0.1) is 16.7 Å². The van der Waals surface area contributed by atoms with Crippen molar-refractivity contribution in [2.45, 2.75) is 18.5 Å². The van der Waals surface area contributed by atoms with Gasteiger partial charge in [-0.3, -0.25) is 5.01 Å². The van der Waals surface area contributed by atoms with Gasteiger partial charge in [0.1, 0.15) is 0 Å². The van der Waals surface area contributed by atoms with Crippen molar-refractivity contribution < 1.29 is 14.3 Å². The lowest BCUT2D eigenvalue weighted by Crippen LogP contribution is -2.42. The SMILES string of the molecule is O=NN1CC(C2CC2)C(F)(C(=O)O)C1. The predicted octanol–water partition coefficient (Wildman–Crippen LogP) is 0.802. The molecule has 6 heteroatoms. The van der Waals surface area contributed by atoms with Gasteiger partial charge in [0.15, 0.2) is 0 Å². The largest absolute Gasteiger partial charge is 0.479 e. The summed E-state index contributed by atoms with van der Waals surface area (Å²) in [5.41, 5.74) is -2.28. The molecule has 0 spiro atoms. The maximum absolute atomic E-state index is 14.0. The summed E-state index contributed by atoms with van der Waals surface area (Å²) in [6.45, 7) is -0.274. The van der Waals surface area contributed by atoms with Gasteiger partial charge in [-0.25, -0.2) is 9.18 Å². The van der Waals surface area contributed by atoms with Gasteiger partial charge in [-0.05, 0) is 18.8 Å². The minimum Gasteiger partial charge on any atom is -0.479 e. The highest BCUT2D eigenvalue weighted by molar-refractivity contribution is 5.78. The number of alkyl halides is 1. The Morgan fingerprint density at radius 3 is 2.64 bits per heavy atom. The topological polar surface area (TPSA) is 70.0 Å². The van der Waals surface area contributed by atoms with Crippen LogP contribution in [0.5, 0.6) is 0 Å². The van der Waals surface area contributed by atoms with Crippen LogP contribution in [0.3, 0.4) is 0 Å². The van der Waals surface area contributed by atoms with Crippen LogP contribution in [0.4, 0.5) is 4.39 Å². The van der Waals surface area contributed by atoms with Crippen LogP contribution in [0.2, 0.25) is 0 Å². The molecule has 5 nitrogen and oxygen atoms in total. The van der Waals surface area contributed by atoms with Crippen LogP contribution >= 0.6 is 0 Å². The van der Waals surface area contributed by atoms with Gasteiger partial charge in [0.2, 0.25) is 5.67 Å². The number of nitroso groups, excluding NO2 is 1. The molecule has 1 heterocycles. The van der Waals surface area contributed by atoms with Crippen LogP contribution in [0.1, 0.15) is 12.8 Å². The first-order valence-corrected chi connectivity index (χ1v) is 4.58. The van der Waals surface area contributed by atoms with Crippen molar-refractivity contribution in [2.24, 2.45) is 17.1 Å². The molecule has 0 bridgehead atoms. The lowest BCUT2D eigenvalue weighted by Gasteiger charge is -2.20. The van der Waals surface area contributed by atoms with Gasteiger partial charge in [0.25, 0.3) is 0 Å². The third-order valence-corrected chi connectivity index (χ3v) is 3.07. The summed E-state index contributed by atoms with van der Waals surface area (Å²) in [5, 5.41) is 12.4. The average Bonchev–Trinajstić information content (AvgIpc) is 2.90. The van der Waals surface area contributed by atoms with Crippen molar-refractivity contribution in [2.75, 3.05) is 13.1 Å². The Labute approximate surface area is 79.8 Å². The average molecular weight is 202 g/mol. The Bertz CT molecular complexity index is 282. The smallest absolute Gasteiger partial charge is 0.343 e. The Morgan fingerprint density at radius 1 is 1.57 bits per heavy atom. The Kier molecular flexibility index (Phi) is 1.94. The number of rotatable bonds is 3. The predicted molar refractivity (Wildman–Crippen MR) is 45.1 cm³/mol. The minimum atomic E-state index is -2.28. The van der Waals surface area contributed by atoms with Crippen molar-refractivity contribution in [1.82, 2.24) is 5.01 Å². The molecule has 1 saturated carbocycles. The number of nitrogens with zero attached hydrogens (tertiary/aromatic N) is 2. The third kappa shape index (κ3) is 1.25. The molecule has 2 aliphatic rings. The van der Waals surface area contributed by atoms with Crippen LogP contribution in [-0.4, -0.2) is 34.8 Å². The van der Waals surface area contributed by atoms with Crippen LogP contribution < -0.4 is 0 Å². The second-order valence-corrected chi connectivity index (χ2v) is 4.04. The molecule has 0 aromatic carbocycles. The van der Waals surface area contributed by atoms with Gasteiger partial charge in [0.05, 0.1) is 11.8 Å². The lowest BCUT2D eigenvalue weighted by molar-refractivity contribution is -0.153. The van der Waals surface area contributed by atoms with Gasteiger partial charge in [-0.2, -0.15) is 0 Å². The fourth-order valence-corrected chi connectivity index (χ4v) is 2.13. The number of carboxylic acids is 1. The summed E-state index contributed by atoms with van der Waals surface area (Å²) >= 11 is 0. The third-order valence-electron chi connectivity index (χ3n) is 3.07. The molecule has 1 saturated heterocycles. The maximum atomic E-state index is 14.0. The Balaban J connectivity index is 2.20. The highest BCUT2D eigenvalue weighted by Gasteiger charge is 2.58. The molecule has 2 fully saturated rings. The molecular weight excluding hydrogens is 191 g/mol. The van der Waals surface area contributed by atoms with Gasteiger partial charge >= 0.3 is 5.97 Å². The van der Waals surface area contributed by atoms with E-state index in [4.69, 9.17) is 5.11 Å². The Hall–Kier alpha value is -1.20. The molecule has 0 radical (unpaired) electrons. The van der Waals surface area contributed by atoms with Gasteiger partial charge in [-0.15, -0.1) is 4.91 Å². The van der Waals surface area contributed by atoms with E-state index in [0.29, 0.717) is 0 Å². The monoisotopic (exact) mass is 202 g/mol. The quantitative estimate of drug-likeness (QED) is 0.687. The first kappa shape index (κ1) is 9.36. The standard InChI is InChI=1S/C8H11FN2O3/c9-8(7(12)13)4-11(10-14)3-6(8)5-1-2-5/h5-6H,1-4H2,(H,12,13). The van der Waals surface area contributed by atoms with E-state index in [1.165, 1.54) is 0 Å². The van der Waals surface area contributed by atoms with Crippen LogP contribution in [0.15, 0.2) is 5.29 Å². The van der Waals surface area contributed by atoms with Gasteiger partial charge in [-0.1, -0.05) is 0 Å². The van der Waals surface area contributed by atoms with E-state index in [0.717, 1.165) is 17.9 Å². The highest BCUT2D eigenvalue weighted by atomic mass is 19.1. The molecule has 0 aromatic rings. The first-order chi connectivity index (χ1) is 6.58. The molecule has 1 N–H and O–H groups in total. The maximum Gasteiger partial charge on any atom is 0.343 e. The molecular formula is C8H11FN2O3. The molecule has 1 aliphatic heterocycles. The van der Waals surface area contributed by atoms with E-state index >= 15 is 0 Å². The van der Waals surface area contributed by atoms with E-state index < -0.39 is 24.1 Å². The van der Waals surface area contributed by atoms with Crippen molar-refractivity contribution >= 4 is 5.97 Å². The summed E-state index contributed by atoms with van der Waals surface area (Å²) in [7, 11) is 0. The summed E-state index contributed by atoms with van der Waals surface area (Å²) in [6.07, 6.45) is 1.71. The zero-order chi connectivity index (χ0) is 10.3. The molecule has 78 valence electrons. The highest BCUT2D eigenvalue weighted by Crippen LogP contribution is 2.47. The van der Waals surface area contributed by atoms with E-state index in [9.17, 15) is 14.1 Å². The van der Waals surface area contributed by atoms with Crippen molar-refractivity contribution in [3.63, 3.8) is 0 Å². The molecule has 14 heavy (non-hydrogen) atoms. The van der Waals surface area contributed by atoms with Crippen LogP contribution in [-0.2, 0) is 4.79 Å². The molecule has 1 aliphatic carbocycles. The van der Waals surface area contributed by atoms with Gasteiger partial charge < -0.3 is 5.11 Å². The first-order valence-electron chi connectivity index (χ1n) is 4.58. The number of carboxylic acid groups (broad SMARTS) is 1. The number of aliphatic carboxylic acids is 1. The number of halogens is 1. The normalized spacial score (nSPS) is 37.2. The van der Waals surface area contributed by atoms with Gasteiger partial charge in [0, 0.05) is 12.5 Å². The molecule has 2 unspecified atom stereocenters. The van der Waals surface area contributed by atoms with E-state index in [2.05, 4.69) is 5.29 Å². The molecule has 0 aromatic heterocycles. The second kappa shape index (κ2) is 2.90. The Morgan fingerprint density at radius 2 is 2.21 bits per heavy atom. The zero-order valence-electron chi connectivity index (χ0n) is 7.52. The van der Waals surface area contributed by atoms with Crippen molar-refractivity contribution in [3.8, 4) is 0 Å². The number of carbonyl (C=O) groups is 1. The second-order valence-electron chi connectivity index (χ2n) is 4.04. The minimum absolute atomic E-state index is 0.114. The summed E-state index contributed by atoms with van der Waals surface area (Å²) in [6, 6.07) is 0. The molecule has 0 amide bonds. The number of hydrogen-bond acceptors (Lipinski definition) is 3. The fraction of sp³-hybridized carbons (Fsp3) is 0.875. The fourth-order valence-electron chi connectivity index (χ4n) is 2.13. The zero-order valence-corrected chi connectivity index (χ0v) is 7.52. The molecule has 2 atom stereocenters. The van der Waals surface area contributed by atoms with E-state index in [1.54, 1.807) is 0 Å². The van der Waals surface area contributed by atoms with Crippen molar-refractivity contribution in [1.29, 1.82) is 0 Å². The summed E-state index contributed by atoms with van der Waals surface area (Å²) in [5.74, 6) is -1.93. The van der Waals surface area contributed by atoms with Crippen LogP contribution in [0.25, 0.3) is 0 Å².